The normalized spacial score (nSPS) is 11.3. The first-order chi connectivity index (χ1) is 9.88. The second-order valence-corrected chi connectivity index (χ2v) is 5.13. The molecular formula is C13H6BrF4N3. The summed E-state index contributed by atoms with van der Waals surface area (Å²) in [5.41, 5.74) is 5.01. The van der Waals surface area contributed by atoms with E-state index in [4.69, 9.17) is 5.73 Å². The number of fused-ring (bicyclic) bond motifs is 1. The SMILES string of the molecule is Nc1nc2c(F)cc(F)cc2n1-c1cc(F)c(Br)cc1F. The number of halogens is 5. The lowest BCUT2D eigenvalue weighted by Gasteiger charge is -2.09. The van der Waals surface area contributed by atoms with Crippen LogP contribution in [-0.4, -0.2) is 9.55 Å². The van der Waals surface area contributed by atoms with Crippen LogP contribution in [0.2, 0.25) is 0 Å². The summed E-state index contributed by atoms with van der Waals surface area (Å²) >= 11 is 2.84. The molecule has 0 saturated heterocycles. The highest BCUT2D eigenvalue weighted by atomic mass is 79.9. The van der Waals surface area contributed by atoms with E-state index >= 15 is 0 Å². The molecule has 1 heterocycles. The molecule has 0 atom stereocenters. The van der Waals surface area contributed by atoms with E-state index in [1.807, 2.05) is 0 Å². The van der Waals surface area contributed by atoms with E-state index in [9.17, 15) is 17.6 Å². The Balaban J connectivity index is 2.40. The summed E-state index contributed by atoms with van der Waals surface area (Å²) < 4.78 is 55.5. The van der Waals surface area contributed by atoms with Crippen molar-refractivity contribution in [3.63, 3.8) is 0 Å². The summed E-state index contributed by atoms with van der Waals surface area (Å²) in [7, 11) is 0. The van der Waals surface area contributed by atoms with Crippen LogP contribution < -0.4 is 5.73 Å². The van der Waals surface area contributed by atoms with Crippen LogP contribution in [0.1, 0.15) is 0 Å². The zero-order chi connectivity index (χ0) is 15.3. The van der Waals surface area contributed by atoms with E-state index in [2.05, 4.69) is 20.9 Å². The van der Waals surface area contributed by atoms with Crippen LogP contribution in [0.3, 0.4) is 0 Å². The number of nitrogens with two attached hydrogens (primary N) is 1. The third-order valence-corrected chi connectivity index (χ3v) is 3.54. The highest BCUT2D eigenvalue weighted by molar-refractivity contribution is 9.10. The van der Waals surface area contributed by atoms with Gasteiger partial charge in [0, 0.05) is 18.2 Å². The second kappa shape index (κ2) is 4.73. The third kappa shape index (κ3) is 2.15. The van der Waals surface area contributed by atoms with E-state index in [0.29, 0.717) is 6.07 Å². The maximum Gasteiger partial charge on any atom is 0.206 e. The van der Waals surface area contributed by atoms with Gasteiger partial charge in [0.1, 0.15) is 23.0 Å². The van der Waals surface area contributed by atoms with Crippen LogP contribution in [-0.2, 0) is 0 Å². The van der Waals surface area contributed by atoms with E-state index in [1.165, 1.54) is 0 Å². The van der Waals surface area contributed by atoms with Crippen molar-refractivity contribution in [1.29, 1.82) is 0 Å². The standard InChI is InChI=1S/C13H6BrF4N3/c14-6-3-8(17)10(4-7(6)16)21-11-2-5(15)1-9(18)12(11)20-13(21)19/h1-4H,(H2,19,20). The third-order valence-electron chi connectivity index (χ3n) is 2.94. The Kier molecular flexibility index (Phi) is 3.12. The monoisotopic (exact) mass is 359 g/mol. The first kappa shape index (κ1) is 13.9. The predicted molar refractivity (Wildman–Crippen MR) is 73.0 cm³/mol. The van der Waals surface area contributed by atoms with Crippen molar-refractivity contribution in [3.05, 3.63) is 52.0 Å². The van der Waals surface area contributed by atoms with E-state index in [-0.39, 0.29) is 27.1 Å². The molecule has 0 fully saturated rings. The van der Waals surface area contributed by atoms with Gasteiger partial charge in [-0.15, -0.1) is 0 Å². The highest BCUT2D eigenvalue weighted by Gasteiger charge is 2.19. The van der Waals surface area contributed by atoms with Crippen LogP contribution in [0, 0.1) is 23.3 Å². The Morgan fingerprint density at radius 1 is 0.952 bits per heavy atom. The number of benzene rings is 2. The van der Waals surface area contributed by atoms with E-state index in [0.717, 1.165) is 22.8 Å². The molecule has 0 aliphatic heterocycles. The summed E-state index contributed by atoms with van der Waals surface area (Å²) in [6, 6.07) is 3.34. The van der Waals surface area contributed by atoms with Crippen LogP contribution >= 0.6 is 15.9 Å². The van der Waals surface area contributed by atoms with Gasteiger partial charge in [0.25, 0.3) is 0 Å². The molecule has 108 valence electrons. The lowest BCUT2D eigenvalue weighted by atomic mass is 10.2. The molecular weight excluding hydrogens is 354 g/mol. The molecule has 0 bridgehead atoms. The van der Waals surface area contributed by atoms with Crippen LogP contribution in [0.25, 0.3) is 16.7 Å². The molecule has 2 N–H and O–H groups in total. The summed E-state index contributed by atoms with van der Waals surface area (Å²) in [6.07, 6.45) is 0. The fraction of sp³-hybridized carbons (Fsp3) is 0. The van der Waals surface area contributed by atoms with Gasteiger partial charge in [-0.05, 0) is 22.0 Å². The van der Waals surface area contributed by atoms with Crippen molar-refractivity contribution in [2.24, 2.45) is 0 Å². The van der Waals surface area contributed by atoms with Crippen molar-refractivity contribution < 1.29 is 17.6 Å². The molecule has 0 radical (unpaired) electrons. The molecule has 3 aromatic rings. The quantitative estimate of drug-likeness (QED) is 0.528. The largest absolute Gasteiger partial charge is 0.369 e. The number of aromatic nitrogens is 2. The molecule has 3 nitrogen and oxygen atoms in total. The fourth-order valence-electron chi connectivity index (χ4n) is 2.06. The Labute approximate surface area is 124 Å². The number of nitrogens with zero attached hydrogens (tertiary/aromatic N) is 2. The van der Waals surface area contributed by atoms with E-state index < -0.39 is 23.3 Å². The molecule has 1 aromatic heterocycles. The first-order valence-corrected chi connectivity index (χ1v) is 6.45. The lowest BCUT2D eigenvalue weighted by Crippen LogP contribution is -2.04. The molecule has 0 aliphatic rings. The molecule has 21 heavy (non-hydrogen) atoms. The first-order valence-electron chi connectivity index (χ1n) is 5.66. The summed E-state index contributed by atoms with van der Waals surface area (Å²) in [5.74, 6) is -3.66. The maximum absolute atomic E-state index is 14.0. The van der Waals surface area contributed by atoms with Gasteiger partial charge in [0.15, 0.2) is 5.82 Å². The van der Waals surface area contributed by atoms with Crippen molar-refractivity contribution in [2.75, 3.05) is 5.73 Å². The number of anilines is 1. The van der Waals surface area contributed by atoms with Gasteiger partial charge >= 0.3 is 0 Å². The minimum Gasteiger partial charge on any atom is -0.369 e. The Hall–Kier alpha value is -2.09. The minimum atomic E-state index is -0.937. The van der Waals surface area contributed by atoms with Crippen LogP contribution in [0.5, 0.6) is 0 Å². The fourth-order valence-corrected chi connectivity index (χ4v) is 2.37. The molecule has 0 unspecified atom stereocenters. The lowest BCUT2D eigenvalue weighted by molar-refractivity contribution is 0.586. The molecule has 3 rings (SSSR count). The molecule has 2 aromatic carbocycles. The van der Waals surface area contributed by atoms with Gasteiger partial charge in [-0.1, -0.05) is 0 Å². The Morgan fingerprint density at radius 2 is 1.67 bits per heavy atom. The van der Waals surface area contributed by atoms with Crippen molar-refractivity contribution in [3.8, 4) is 5.69 Å². The Bertz CT molecular complexity index is 876. The number of nitrogen functional groups attached to an aromatic ring is 1. The van der Waals surface area contributed by atoms with Crippen molar-refractivity contribution in [2.45, 2.75) is 0 Å². The predicted octanol–water partition coefficient (Wildman–Crippen LogP) is 3.93. The highest BCUT2D eigenvalue weighted by Crippen LogP contribution is 2.29. The molecule has 0 aliphatic carbocycles. The summed E-state index contributed by atoms with van der Waals surface area (Å²) in [6.45, 7) is 0. The minimum absolute atomic E-state index is 0.0795. The number of rotatable bonds is 1. The number of hydrogen-bond acceptors (Lipinski definition) is 2. The average molecular weight is 360 g/mol. The van der Waals surface area contributed by atoms with Gasteiger partial charge in [0.2, 0.25) is 5.95 Å². The van der Waals surface area contributed by atoms with Crippen LogP contribution in [0.15, 0.2) is 28.7 Å². The van der Waals surface area contributed by atoms with Crippen molar-refractivity contribution in [1.82, 2.24) is 9.55 Å². The topological polar surface area (TPSA) is 43.8 Å². The maximum atomic E-state index is 14.0. The average Bonchev–Trinajstić information content (AvgIpc) is 2.71. The van der Waals surface area contributed by atoms with E-state index in [1.54, 1.807) is 0 Å². The molecule has 8 heteroatoms. The summed E-state index contributed by atoms with van der Waals surface area (Å²) in [5, 5.41) is 0. The number of imidazole rings is 1. The summed E-state index contributed by atoms with van der Waals surface area (Å²) in [4.78, 5) is 3.72. The molecule has 0 saturated carbocycles. The van der Waals surface area contributed by atoms with Gasteiger partial charge in [-0.3, -0.25) is 4.57 Å². The zero-order valence-corrected chi connectivity index (χ0v) is 11.8. The number of hydrogen-bond donors (Lipinski definition) is 1. The second-order valence-electron chi connectivity index (χ2n) is 4.28. The molecule has 0 amide bonds. The van der Waals surface area contributed by atoms with Gasteiger partial charge in [-0.25, -0.2) is 22.5 Å². The molecule has 0 spiro atoms. The Morgan fingerprint density at radius 3 is 2.38 bits per heavy atom. The van der Waals surface area contributed by atoms with Gasteiger partial charge in [0.05, 0.1) is 15.7 Å². The van der Waals surface area contributed by atoms with Gasteiger partial charge < -0.3 is 5.73 Å². The smallest absolute Gasteiger partial charge is 0.206 e. The van der Waals surface area contributed by atoms with Gasteiger partial charge in [-0.2, -0.15) is 0 Å². The van der Waals surface area contributed by atoms with Crippen LogP contribution in [0.4, 0.5) is 23.5 Å². The zero-order valence-electron chi connectivity index (χ0n) is 10.2. The van der Waals surface area contributed by atoms with Crippen molar-refractivity contribution >= 4 is 32.9 Å².